The van der Waals surface area contributed by atoms with E-state index in [0.29, 0.717) is 10.1 Å². The van der Waals surface area contributed by atoms with E-state index in [1.54, 1.807) is 0 Å². The number of amides is 1. The summed E-state index contributed by atoms with van der Waals surface area (Å²) in [5, 5.41) is 5.90. The molecule has 92 valence electrons. The van der Waals surface area contributed by atoms with Gasteiger partial charge in [0.15, 0.2) is 11.6 Å². The molecule has 17 heavy (non-hydrogen) atoms. The third-order valence-corrected chi connectivity index (χ3v) is 3.54. The zero-order chi connectivity index (χ0) is 12.4. The summed E-state index contributed by atoms with van der Waals surface area (Å²) in [5.74, 6) is -2.30. The fraction of sp³-hybridized carbons (Fsp3) is 0.364. The van der Waals surface area contributed by atoms with Crippen molar-refractivity contribution in [1.29, 1.82) is 0 Å². The summed E-state index contributed by atoms with van der Waals surface area (Å²) in [6.45, 7) is 1.58. The quantitative estimate of drug-likeness (QED) is 0.628. The lowest BCUT2D eigenvalue weighted by Gasteiger charge is -2.12. The van der Waals surface area contributed by atoms with Crippen molar-refractivity contribution < 1.29 is 13.6 Å². The molecule has 0 bridgehead atoms. The molecular weight excluding hydrogens is 341 g/mol. The molecule has 2 N–H and O–H groups in total. The molecule has 1 fully saturated rings. The first-order valence-corrected chi connectivity index (χ1v) is 6.32. The molecule has 0 radical (unpaired) electrons. The fourth-order valence-electron chi connectivity index (χ4n) is 1.74. The normalized spacial score (nSPS) is 19.4. The molecule has 0 saturated carbocycles. The molecule has 1 saturated heterocycles. The second kappa shape index (κ2) is 5.26. The summed E-state index contributed by atoms with van der Waals surface area (Å²) in [4.78, 5) is 11.9. The van der Waals surface area contributed by atoms with E-state index < -0.39 is 11.6 Å². The van der Waals surface area contributed by atoms with Gasteiger partial charge in [-0.15, -0.1) is 0 Å². The maximum absolute atomic E-state index is 13.1. The Bertz CT molecular complexity index is 447. The summed E-state index contributed by atoms with van der Waals surface area (Å²) < 4.78 is 26.4. The molecule has 3 nitrogen and oxygen atoms in total. The summed E-state index contributed by atoms with van der Waals surface area (Å²) in [7, 11) is 0. The molecular formula is C11H11F2IN2O. The Morgan fingerprint density at radius 2 is 2.12 bits per heavy atom. The molecule has 1 amide bonds. The van der Waals surface area contributed by atoms with Gasteiger partial charge in [0.05, 0.1) is 5.56 Å². The van der Waals surface area contributed by atoms with Crippen molar-refractivity contribution in [2.45, 2.75) is 12.5 Å². The van der Waals surface area contributed by atoms with Crippen molar-refractivity contribution in [2.24, 2.45) is 0 Å². The average molecular weight is 352 g/mol. The smallest absolute Gasteiger partial charge is 0.252 e. The first-order valence-electron chi connectivity index (χ1n) is 5.24. The number of rotatable bonds is 2. The van der Waals surface area contributed by atoms with Crippen LogP contribution in [0.15, 0.2) is 12.1 Å². The van der Waals surface area contributed by atoms with Gasteiger partial charge in [-0.2, -0.15) is 0 Å². The first-order chi connectivity index (χ1) is 8.08. The zero-order valence-corrected chi connectivity index (χ0v) is 11.1. The highest BCUT2D eigenvalue weighted by atomic mass is 127. The minimum Gasteiger partial charge on any atom is -0.348 e. The molecule has 0 aliphatic carbocycles. The van der Waals surface area contributed by atoms with Crippen LogP contribution in [-0.2, 0) is 0 Å². The van der Waals surface area contributed by atoms with E-state index >= 15 is 0 Å². The minimum absolute atomic E-state index is 0.0615. The molecule has 1 unspecified atom stereocenters. The number of carbonyl (C=O) groups excluding carboxylic acids is 1. The highest BCUT2D eigenvalue weighted by Crippen LogP contribution is 2.17. The summed E-state index contributed by atoms with van der Waals surface area (Å²) in [6.07, 6.45) is 0.853. The fourth-order valence-corrected chi connectivity index (χ4v) is 2.41. The van der Waals surface area contributed by atoms with Crippen LogP contribution in [0.3, 0.4) is 0 Å². The minimum atomic E-state index is -1.000. The van der Waals surface area contributed by atoms with Gasteiger partial charge in [-0.1, -0.05) is 0 Å². The molecule has 0 aromatic heterocycles. The Morgan fingerprint density at radius 1 is 1.41 bits per heavy atom. The molecule has 0 spiro atoms. The highest BCUT2D eigenvalue weighted by molar-refractivity contribution is 14.1. The van der Waals surface area contributed by atoms with Gasteiger partial charge in [0, 0.05) is 16.2 Å². The second-order valence-corrected chi connectivity index (χ2v) is 5.07. The third-order valence-electron chi connectivity index (χ3n) is 2.65. The van der Waals surface area contributed by atoms with Crippen LogP contribution in [0.25, 0.3) is 0 Å². The highest BCUT2D eigenvalue weighted by Gasteiger charge is 2.20. The van der Waals surface area contributed by atoms with Crippen LogP contribution in [0.1, 0.15) is 16.8 Å². The van der Waals surface area contributed by atoms with Crippen molar-refractivity contribution in [3.63, 3.8) is 0 Å². The van der Waals surface area contributed by atoms with Crippen molar-refractivity contribution in [3.8, 4) is 0 Å². The predicted octanol–water partition coefficient (Wildman–Crippen LogP) is 1.66. The van der Waals surface area contributed by atoms with Crippen LogP contribution in [0.2, 0.25) is 0 Å². The topological polar surface area (TPSA) is 41.1 Å². The van der Waals surface area contributed by atoms with Crippen molar-refractivity contribution in [2.75, 3.05) is 13.1 Å². The van der Waals surface area contributed by atoms with E-state index in [9.17, 15) is 13.6 Å². The SMILES string of the molecule is O=C(NC1CCNC1)c1cc(F)c(F)cc1I. The molecule has 1 heterocycles. The number of halogens is 3. The molecule has 1 aliphatic heterocycles. The van der Waals surface area contributed by atoms with Gasteiger partial charge in [0.1, 0.15) is 0 Å². The first kappa shape index (κ1) is 12.7. The Balaban J connectivity index is 2.15. The van der Waals surface area contributed by atoms with Crippen LogP contribution in [-0.4, -0.2) is 25.0 Å². The standard InChI is InChI=1S/C11H11F2IN2O/c12-8-3-7(10(14)4-9(8)13)11(17)16-6-1-2-15-5-6/h3-4,6,15H,1-2,5H2,(H,16,17). The average Bonchev–Trinajstić information content (AvgIpc) is 2.76. The summed E-state index contributed by atoms with van der Waals surface area (Å²) in [5.41, 5.74) is 0.177. The van der Waals surface area contributed by atoms with Gasteiger partial charge >= 0.3 is 0 Å². The van der Waals surface area contributed by atoms with Crippen LogP contribution < -0.4 is 10.6 Å². The number of benzene rings is 1. The van der Waals surface area contributed by atoms with Crippen molar-refractivity contribution >= 4 is 28.5 Å². The van der Waals surface area contributed by atoms with Crippen molar-refractivity contribution in [3.05, 3.63) is 32.9 Å². The van der Waals surface area contributed by atoms with Crippen molar-refractivity contribution in [1.82, 2.24) is 10.6 Å². The maximum atomic E-state index is 13.1. The van der Waals surface area contributed by atoms with Crippen LogP contribution in [0, 0.1) is 15.2 Å². The predicted molar refractivity (Wildman–Crippen MR) is 67.8 cm³/mol. The third kappa shape index (κ3) is 2.92. The van der Waals surface area contributed by atoms with E-state index in [2.05, 4.69) is 10.6 Å². The lowest BCUT2D eigenvalue weighted by Crippen LogP contribution is -2.36. The summed E-state index contributed by atoms with van der Waals surface area (Å²) >= 11 is 1.82. The van der Waals surface area contributed by atoms with Crippen LogP contribution in [0.5, 0.6) is 0 Å². The lowest BCUT2D eigenvalue weighted by molar-refractivity contribution is 0.0938. The van der Waals surface area contributed by atoms with Gasteiger partial charge in [0.2, 0.25) is 0 Å². The summed E-state index contributed by atoms with van der Waals surface area (Å²) in [6, 6.07) is 2.03. The Labute approximate surface area is 111 Å². The zero-order valence-electron chi connectivity index (χ0n) is 8.90. The van der Waals surface area contributed by atoms with Gasteiger partial charge in [0.25, 0.3) is 5.91 Å². The maximum Gasteiger partial charge on any atom is 0.252 e. The van der Waals surface area contributed by atoms with E-state index in [4.69, 9.17) is 0 Å². The number of hydrogen-bond donors (Lipinski definition) is 2. The van der Waals surface area contributed by atoms with Gasteiger partial charge in [-0.05, 0) is 47.7 Å². The molecule has 1 aromatic carbocycles. The van der Waals surface area contributed by atoms with E-state index in [-0.39, 0.29) is 17.5 Å². The lowest BCUT2D eigenvalue weighted by atomic mass is 10.1. The van der Waals surface area contributed by atoms with Crippen LogP contribution in [0.4, 0.5) is 8.78 Å². The second-order valence-electron chi connectivity index (χ2n) is 3.91. The van der Waals surface area contributed by atoms with Crippen LogP contribution >= 0.6 is 22.6 Å². The van der Waals surface area contributed by atoms with E-state index in [1.807, 2.05) is 22.6 Å². The Morgan fingerprint density at radius 3 is 2.76 bits per heavy atom. The number of carbonyl (C=O) groups is 1. The molecule has 6 heteroatoms. The van der Waals surface area contributed by atoms with Gasteiger partial charge < -0.3 is 10.6 Å². The molecule has 1 aromatic rings. The van der Waals surface area contributed by atoms with E-state index in [0.717, 1.165) is 25.1 Å². The number of hydrogen-bond acceptors (Lipinski definition) is 2. The van der Waals surface area contributed by atoms with E-state index in [1.165, 1.54) is 0 Å². The molecule has 2 rings (SSSR count). The Hall–Kier alpha value is -0.760. The molecule has 1 atom stereocenters. The number of nitrogens with one attached hydrogen (secondary N) is 2. The van der Waals surface area contributed by atoms with Gasteiger partial charge in [-0.3, -0.25) is 4.79 Å². The Kier molecular flexibility index (Phi) is 3.93. The monoisotopic (exact) mass is 352 g/mol. The van der Waals surface area contributed by atoms with Gasteiger partial charge in [-0.25, -0.2) is 8.78 Å². The molecule has 1 aliphatic rings. The largest absolute Gasteiger partial charge is 0.348 e.